The summed E-state index contributed by atoms with van der Waals surface area (Å²) in [5.41, 5.74) is 0. The van der Waals surface area contributed by atoms with Crippen LogP contribution in [0.5, 0.6) is 0 Å². The Balaban J connectivity index is 2.43. The summed E-state index contributed by atoms with van der Waals surface area (Å²) in [5, 5.41) is 9.33. The number of aliphatic hydroxyl groups is 1. The maximum atomic E-state index is 11.6. The summed E-state index contributed by atoms with van der Waals surface area (Å²) in [6.07, 6.45) is -0.394. The van der Waals surface area contributed by atoms with Crippen molar-refractivity contribution in [2.24, 2.45) is 0 Å². The molecule has 2 atom stereocenters. The number of halogens is 1. The molecule has 1 N–H and O–H groups in total. The van der Waals surface area contributed by atoms with Gasteiger partial charge >= 0.3 is 0 Å². The van der Waals surface area contributed by atoms with Gasteiger partial charge in [-0.2, -0.15) is 0 Å². The van der Waals surface area contributed by atoms with E-state index in [1.54, 1.807) is 19.1 Å². The van der Waals surface area contributed by atoms with Crippen LogP contribution in [0.1, 0.15) is 23.5 Å². The Morgan fingerprint density at radius 1 is 1.60 bits per heavy atom. The molecule has 15 heavy (non-hydrogen) atoms. The van der Waals surface area contributed by atoms with Gasteiger partial charge in [0.2, 0.25) is 0 Å². The molecule has 1 aromatic rings. The Morgan fingerprint density at radius 3 is 2.73 bits per heavy atom. The summed E-state index contributed by atoms with van der Waals surface area (Å²) in [4.78, 5) is 12.3. The molecule has 0 bridgehead atoms. The van der Waals surface area contributed by atoms with E-state index in [4.69, 9.17) is 11.6 Å². The van der Waals surface area contributed by atoms with Crippen LogP contribution in [0.3, 0.4) is 0 Å². The summed E-state index contributed by atoms with van der Waals surface area (Å²) < 4.78 is 0.631. The zero-order valence-electron chi connectivity index (χ0n) is 8.57. The second kappa shape index (κ2) is 5.89. The van der Waals surface area contributed by atoms with E-state index in [9.17, 15) is 9.90 Å². The van der Waals surface area contributed by atoms with Crippen LogP contribution >= 0.6 is 34.7 Å². The van der Waals surface area contributed by atoms with Gasteiger partial charge in [0.25, 0.3) is 0 Å². The molecule has 0 amide bonds. The fraction of sp³-hybridized carbons (Fsp3) is 0.500. The smallest absolute Gasteiger partial charge is 0.182 e. The van der Waals surface area contributed by atoms with Gasteiger partial charge in [-0.25, -0.2) is 0 Å². The highest BCUT2D eigenvalue weighted by Crippen LogP contribution is 2.24. The van der Waals surface area contributed by atoms with Crippen molar-refractivity contribution in [1.29, 1.82) is 0 Å². The standard InChI is InChI=1S/C10H13ClO2S2/c1-6(12)7(2)14-5-8(13)9-3-4-10(11)15-9/h3-4,6-7,12H,5H2,1-2H3. The number of carbonyl (C=O) groups is 1. The van der Waals surface area contributed by atoms with Gasteiger partial charge in [0.15, 0.2) is 5.78 Å². The topological polar surface area (TPSA) is 37.3 Å². The highest BCUT2D eigenvalue weighted by Gasteiger charge is 2.14. The summed E-state index contributed by atoms with van der Waals surface area (Å²) in [6, 6.07) is 3.46. The summed E-state index contributed by atoms with van der Waals surface area (Å²) in [6.45, 7) is 3.63. The van der Waals surface area contributed by atoms with Crippen molar-refractivity contribution < 1.29 is 9.90 Å². The molecule has 84 valence electrons. The third-order valence-electron chi connectivity index (χ3n) is 2.00. The van der Waals surface area contributed by atoms with E-state index in [1.807, 2.05) is 6.92 Å². The minimum atomic E-state index is -0.394. The largest absolute Gasteiger partial charge is 0.392 e. The number of carbonyl (C=O) groups excluding carboxylic acids is 1. The van der Waals surface area contributed by atoms with Crippen LogP contribution in [0.4, 0.5) is 0 Å². The molecule has 1 heterocycles. The monoisotopic (exact) mass is 264 g/mol. The Hall–Kier alpha value is -0.0300. The first-order valence-electron chi connectivity index (χ1n) is 4.59. The van der Waals surface area contributed by atoms with Gasteiger partial charge in [-0.05, 0) is 19.1 Å². The molecule has 0 aliphatic heterocycles. The fourth-order valence-corrected chi connectivity index (χ4v) is 2.80. The van der Waals surface area contributed by atoms with E-state index in [0.717, 1.165) is 0 Å². The van der Waals surface area contributed by atoms with E-state index in [2.05, 4.69) is 0 Å². The Morgan fingerprint density at radius 2 is 2.27 bits per heavy atom. The minimum absolute atomic E-state index is 0.0735. The van der Waals surface area contributed by atoms with Crippen LogP contribution in [-0.2, 0) is 0 Å². The first-order valence-corrected chi connectivity index (χ1v) is 6.83. The van der Waals surface area contributed by atoms with Crippen molar-refractivity contribution in [3.05, 3.63) is 21.3 Å². The number of hydrogen-bond acceptors (Lipinski definition) is 4. The number of Topliss-reactive ketones (excluding diaryl/α,β-unsaturated/α-hetero) is 1. The van der Waals surface area contributed by atoms with Crippen molar-refractivity contribution >= 4 is 40.5 Å². The van der Waals surface area contributed by atoms with Gasteiger partial charge in [-0.3, -0.25) is 4.79 Å². The van der Waals surface area contributed by atoms with E-state index >= 15 is 0 Å². The number of aliphatic hydroxyl groups excluding tert-OH is 1. The second-order valence-electron chi connectivity index (χ2n) is 3.28. The van der Waals surface area contributed by atoms with Gasteiger partial charge < -0.3 is 5.11 Å². The van der Waals surface area contributed by atoms with Crippen LogP contribution < -0.4 is 0 Å². The fourth-order valence-electron chi connectivity index (χ4n) is 0.882. The molecule has 5 heteroatoms. The molecular formula is C10H13ClO2S2. The molecule has 0 radical (unpaired) electrons. The molecule has 1 aromatic heterocycles. The molecule has 0 saturated carbocycles. The minimum Gasteiger partial charge on any atom is -0.392 e. The van der Waals surface area contributed by atoms with Crippen LogP contribution in [0, 0.1) is 0 Å². The highest BCUT2D eigenvalue weighted by molar-refractivity contribution is 8.00. The molecular weight excluding hydrogens is 252 g/mol. The lowest BCUT2D eigenvalue weighted by atomic mass is 10.3. The van der Waals surface area contributed by atoms with Crippen molar-refractivity contribution in [2.75, 3.05) is 5.75 Å². The first-order chi connectivity index (χ1) is 7.00. The zero-order chi connectivity index (χ0) is 11.4. The third-order valence-corrected chi connectivity index (χ3v) is 4.63. The normalized spacial score (nSPS) is 14.9. The Labute approximate surface area is 103 Å². The predicted octanol–water partition coefficient (Wildman–Crippen LogP) is 3.09. The number of rotatable bonds is 5. The summed E-state index contributed by atoms with van der Waals surface area (Å²) >= 11 is 8.49. The molecule has 2 unspecified atom stereocenters. The lowest BCUT2D eigenvalue weighted by molar-refractivity contribution is 0.102. The quantitative estimate of drug-likeness (QED) is 0.831. The molecule has 1 rings (SSSR count). The average Bonchev–Trinajstić information content (AvgIpc) is 2.60. The van der Waals surface area contributed by atoms with Crippen LogP contribution in [0.15, 0.2) is 12.1 Å². The summed E-state index contributed by atoms with van der Waals surface area (Å²) in [7, 11) is 0. The second-order valence-corrected chi connectivity index (χ2v) is 6.36. The maximum Gasteiger partial charge on any atom is 0.182 e. The molecule has 0 spiro atoms. The van der Waals surface area contributed by atoms with Crippen molar-refractivity contribution in [3.8, 4) is 0 Å². The first kappa shape index (κ1) is 13.0. The number of ketones is 1. The SMILES string of the molecule is CC(O)C(C)SCC(=O)c1ccc(Cl)s1. The molecule has 0 aromatic carbocycles. The molecule has 0 fully saturated rings. The van der Waals surface area contributed by atoms with E-state index in [1.165, 1.54) is 23.1 Å². The van der Waals surface area contributed by atoms with Gasteiger partial charge in [0.05, 0.1) is 21.1 Å². The molecule has 2 nitrogen and oxygen atoms in total. The van der Waals surface area contributed by atoms with E-state index < -0.39 is 6.10 Å². The lowest BCUT2D eigenvalue weighted by Gasteiger charge is -2.12. The van der Waals surface area contributed by atoms with Crippen LogP contribution in [0.2, 0.25) is 4.34 Å². The van der Waals surface area contributed by atoms with Gasteiger partial charge in [0, 0.05) is 5.25 Å². The third kappa shape index (κ3) is 4.15. The lowest BCUT2D eigenvalue weighted by Crippen LogP contribution is -2.17. The van der Waals surface area contributed by atoms with Crippen molar-refractivity contribution in [1.82, 2.24) is 0 Å². The maximum absolute atomic E-state index is 11.6. The van der Waals surface area contributed by atoms with Gasteiger partial charge in [-0.1, -0.05) is 18.5 Å². The Kier molecular flexibility index (Phi) is 5.12. The van der Waals surface area contributed by atoms with Crippen molar-refractivity contribution in [2.45, 2.75) is 25.2 Å². The van der Waals surface area contributed by atoms with Crippen LogP contribution in [-0.4, -0.2) is 28.0 Å². The van der Waals surface area contributed by atoms with Crippen LogP contribution in [0.25, 0.3) is 0 Å². The molecule has 0 aliphatic rings. The number of hydrogen-bond donors (Lipinski definition) is 1. The van der Waals surface area contributed by atoms with E-state index in [0.29, 0.717) is 15.0 Å². The zero-order valence-corrected chi connectivity index (χ0v) is 11.0. The predicted molar refractivity (Wildman–Crippen MR) is 67.3 cm³/mol. The summed E-state index contributed by atoms with van der Waals surface area (Å²) in [5.74, 6) is 0.465. The van der Waals surface area contributed by atoms with E-state index in [-0.39, 0.29) is 11.0 Å². The Bertz CT molecular complexity index is 336. The molecule has 0 saturated heterocycles. The average molecular weight is 265 g/mol. The van der Waals surface area contributed by atoms with Crippen molar-refractivity contribution in [3.63, 3.8) is 0 Å². The van der Waals surface area contributed by atoms with Gasteiger partial charge in [-0.15, -0.1) is 23.1 Å². The number of thioether (sulfide) groups is 1. The number of thiophene rings is 1. The highest BCUT2D eigenvalue weighted by atomic mass is 35.5. The molecule has 0 aliphatic carbocycles. The van der Waals surface area contributed by atoms with Gasteiger partial charge in [0.1, 0.15) is 0 Å².